The molecule has 1 rings (SSSR count). The second-order valence-corrected chi connectivity index (χ2v) is 2.40. The third-order valence-electron chi connectivity index (χ3n) is 1.55. The molecule has 0 aliphatic heterocycles. The van der Waals surface area contributed by atoms with Gasteiger partial charge in [0.2, 0.25) is 0 Å². The summed E-state index contributed by atoms with van der Waals surface area (Å²) in [5, 5.41) is 0. The second-order valence-electron chi connectivity index (χ2n) is 2.40. The molecule has 0 saturated heterocycles. The number of allylic oxidation sites excluding steroid dienone is 1. The molecule has 1 heterocycles. The Morgan fingerprint density at radius 3 is 2.82 bits per heavy atom. The van der Waals surface area contributed by atoms with Gasteiger partial charge in [0.1, 0.15) is 0 Å². The average Bonchev–Trinajstić information content (AvgIpc) is 1.97. The van der Waals surface area contributed by atoms with Crippen molar-refractivity contribution in [3.8, 4) is 0 Å². The maximum Gasteiger partial charge on any atom is 0.255 e. The Labute approximate surface area is 65.6 Å². The largest absolute Gasteiger partial charge is 0.329 e. The standard InChI is InChI=1S/C9H11NO/c1-3-4-8-7(2)5-6-10-9(8)11/h3-6H,1-2H3,(H,10,11)/b4-3-. The summed E-state index contributed by atoms with van der Waals surface area (Å²) in [6, 6.07) is 1.89. The van der Waals surface area contributed by atoms with Crippen molar-refractivity contribution in [3.63, 3.8) is 0 Å². The summed E-state index contributed by atoms with van der Waals surface area (Å²) >= 11 is 0. The van der Waals surface area contributed by atoms with Crippen LogP contribution >= 0.6 is 0 Å². The predicted octanol–water partition coefficient (Wildman–Crippen LogP) is 1.72. The van der Waals surface area contributed by atoms with Gasteiger partial charge in [-0.2, -0.15) is 0 Å². The van der Waals surface area contributed by atoms with E-state index < -0.39 is 0 Å². The van der Waals surface area contributed by atoms with Crippen LogP contribution in [0.25, 0.3) is 6.08 Å². The van der Waals surface area contributed by atoms with Gasteiger partial charge in [0.15, 0.2) is 0 Å². The van der Waals surface area contributed by atoms with Crippen LogP contribution in [0.3, 0.4) is 0 Å². The van der Waals surface area contributed by atoms with Gasteiger partial charge in [-0.1, -0.05) is 12.2 Å². The highest BCUT2D eigenvalue weighted by Crippen LogP contribution is 2.01. The van der Waals surface area contributed by atoms with Crippen LogP contribution in [0.5, 0.6) is 0 Å². The number of hydrogen-bond donors (Lipinski definition) is 1. The van der Waals surface area contributed by atoms with Gasteiger partial charge in [-0.05, 0) is 25.5 Å². The first-order chi connectivity index (χ1) is 5.25. The molecule has 0 aliphatic carbocycles. The summed E-state index contributed by atoms with van der Waals surface area (Å²) in [5.74, 6) is 0. The van der Waals surface area contributed by atoms with Crippen molar-refractivity contribution in [1.29, 1.82) is 0 Å². The summed E-state index contributed by atoms with van der Waals surface area (Å²) in [6.45, 7) is 3.82. The zero-order valence-electron chi connectivity index (χ0n) is 6.72. The first kappa shape index (κ1) is 7.79. The van der Waals surface area contributed by atoms with Crippen LogP contribution in [0.4, 0.5) is 0 Å². The fourth-order valence-corrected chi connectivity index (χ4v) is 0.963. The Kier molecular flexibility index (Phi) is 2.26. The molecule has 1 aromatic heterocycles. The molecule has 2 nitrogen and oxygen atoms in total. The molecule has 0 aliphatic rings. The van der Waals surface area contributed by atoms with E-state index in [1.54, 1.807) is 6.20 Å². The molecule has 0 saturated carbocycles. The number of hydrogen-bond acceptors (Lipinski definition) is 1. The smallest absolute Gasteiger partial charge is 0.255 e. The Morgan fingerprint density at radius 2 is 2.27 bits per heavy atom. The second kappa shape index (κ2) is 3.19. The molecule has 58 valence electrons. The van der Waals surface area contributed by atoms with Gasteiger partial charge in [-0.15, -0.1) is 0 Å². The number of nitrogens with one attached hydrogen (secondary N) is 1. The van der Waals surface area contributed by atoms with Crippen molar-refractivity contribution in [2.24, 2.45) is 0 Å². The number of rotatable bonds is 1. The van der Waals surface area contributed by atoms with Gasteiger partial charge in [-0.25, -0.2) is 0 Å². The molecule has 2 heteroatoms. The third kappa shape index (κ3) is 1.58. The molecule has 0 aromatic carbocycles. The molecular formula is C9H11NO. The summed E-state index contributed by atoms with van der Waals surface area (Å²) in [5.41, 5.74) is 1.73. The fourth-order valence-electron chi connectivity index (χ4n) is 0.963. The van der Waals surface area contributed by atoms with Crippen molar-refractivity contribution >= 4 is 6.08 Å². The van der Waals surface area contributed by atoms with Crippen LogP contribution < -0.4 is 5.56 Å². The molecule has 0 spiro atoms. The summed E-state index contributed by atoms with van der Waals surface area (Å²) in [7, 11) is 0. The Hall–Kier alpha value is -1.31. The van der Waals surface area contributed by atoms with Crippen LogP contribution in [0.1, 0.15) is 18.1 Å². The average molecular weight is 149 g/mol. The zero-order chi connectivity index (χ0) is 8.27. The van der Waals surface area contributed by atoms with Gasteiger partial charge < -0.3 is 4.98 Å². The summed E-state index contributed by atoms with van der Waals surface area (Å²) in [4.78, 5) is 13.7. The maximum absolute atomic E-state index is 11.1. The Balaban J connectivity index is 3.32. The van der Waals surface area contributed by atoms with E-state index in [-0.39, 0.29) is 5.56 Å². The molecule has 0 unspecified atom stereocenters. The molecule has 0 fully saturated rings. The Bertz CT molecular complexity index is 323. The van der Waals surface area contributed by atoms with Gasteiger partial charge in [0.25, 0.3) is 5.56 Å². The molecule has 0 atom stereocenters. The number of pyridine rings is 1. The molecule has 1 N–H and O–H groups in total. The minimum absolute atomic E-state index is 0.0249. The van der Waals surface area contributed by atoms with Gasteiger partial charge in [0, 0.05) is 11.8 Å². The predicted molar refractivity (Wildman–Crippen MR) is 46.5 cm³/mol. The zero-order valence-corrected chi connectivity index (χ0v) is 6.72. The summed E-state index contributed by atoms with van der Waals surface area (Å²) in [6.07, 6.45) is 5.33. The first-order valence-corrected chi connectivity index (χ1v) is 3.56. The minimum atomic E-state index is -0.0249. The van der Waals surface area contributed by atoms with Gasteiger partial charge >= 0.3 is 0 Å². The van der Waals surface area contributed by atoms with E-state index in [1.807, 2.05) is 32.1 Å². The van der Waals surface area contributed by atoms with Gasteiger partial charge in [0.05, 0.1) is 0 Å². The van der Waals surface area contributed by atoms with E-state index in [0.29, 0.717) is 0 Å². The van der Waals surface area contributed by atoms with Crippen molar-refractivity contribution in [2.75, 3.05) is 0 Å². The fraction of sp³-hybridized carbons (Fsp3) is 0.222. The highest BCUT2D eigenvalue weighted by Gasteiger charge is 1.96. The van der Waals surface area contributed by atoms with Crippen molar-refractivity contribution in [3.05, 3.63) is 39.8 Å². The van der Waals surface area contributed by atoms with Crippen LogP contribution in [-0.4, -0.2) is 4.98 Å². The highest BCUT2D eigenvalue weighted by molar-refractivity contribution is 5.51. The molecule has 1 aromatic rings. The monoisotopic (exact) mass is 149 g/mol. The topological polar surface area (TPSA) is 32.9 Å². The van der Waals surface area contributed by atoms with Crippen molar-refractivity contribution in [1.82, 2.24) is 4.98 Å². The van der Waals surface area contributed by atoms with Crippen LogP contribution in [0, 0.1) is 6.92 Å². The Morgan fingerprint density at radius 1 is 1.55 bits per heavy atom. The lowest BCUT2D eigenvalue weighted by Gasteiger charge is -1.95. The molecule has 0 bridgehead atoms. The normalized spacial score (nSPS) is 10.7. The van der Waals surface area contributed by atoms with Crippen LogP contribution in [-0.2, 0) is 0 Å². The third-order valence-corrected chi connectivity index (χ3v) is 1.55. The molecule has 0 amide bonds. The van der Waals surface area contributed by atoms with E-state index in [9.17, 15) is 4.79 Å². The lowest BCUT2D eigenvalue weighted by Crippen LogP contribution is -2.09. The number of aromatic amines is 1. The van der Waals surface area contributed by atoms with E-state index in [4.69, 9.17) is 0 Å². The van der Waals surface area contributed by atoms with E-state index in [0.717, 1.165) is 11.1 Å². The SMILES string of the molecule is C/C=C\c1c(C)cc[nH]c1=O. The lowest BCUT2D eigenvalue weighted by molar-refractivity contribution is 1.19. The summed E-state index contributed by atoms with van der Waals surface area (Å²) < 4.78 is 0. The maximum atomic E-state index is 11.1. The quantitative estimate of drug-likeness (QED) is 0.647. The number of H-pyrrole nitrogens is 1. The van der Waals surface area contributed by atoms with E-state index in [1.165, 1.54) is 0 Å². The van der Waals surface area contributed by atoms with E-state index in [2.05, 4.69) is 4.98 Å². The van der Waals surface area contributed by atoms with Crippen molar-refractivity contribution in [2.45, 2.75) is 13.8 Å². The van der Waals surface area contributed by atoms with Crippen LogP contribution in [0.2, 0.25) is 0 Å². The number of aryl methyl sites for hydroxylation is 1. The van der Waals surface area contributed by atoms with Crippen LogP contribution in [0.15, 0.2) is 23.1 Å². The lowest BCUT2D eigenvalue weighted by atomic mass is 10.1. The van der Waals surface area contributed by atoms with Crippen molar-refractivity contribution < 1.29 is 0 Å². The van der Waals surface area contributed by atoms with E-state index >= 15 is 0 Å². The highest BCUT2D eigenvalue weighted by atomic mass is 16.1. The number of aromatic nitrogens is 1. The minimum Gasteiger partial charge on any atom is -0.329 e. The first-order valence-electron chi connectivity index (χ1n) is 3.56. The molecule has 0 radical (unpaired) electrons. The molecular weight excluding hydrogens is 138 g/mol. The molecule has 11 heavy (non-hydrogen) atoms. The van der Waals surface area contributed by atoms with Gasteiger partial charge in [-0.3, -0.25) is 4.79 Å².